The lowest BCUT2D eigenvalue weighted by Gasteiger charge is -2.19. The zero-order valence-corrected chi connectivity index (χ0v) is 20.2. The smallest absolute Gasteiger partial charge is 0.255 e. The van der Waals surface area contributed by atoms with Crippen LogP contribution in [-0.4, -0.2) is 35.4 Å². The van der Waals surface area contributed by atoms with Crippen molar-refractivity contribution in [1.29, 1.82) is 0 Å². The van der Waals surface area contributed by atoms with Gasteiger partial charge >= 0.3 is 0 Å². The molecule has 1 heterocycles. The first-order chi connectivity index (χ1) is 17.7. The van der Waals surface area contributed by atoms with Crippen LogP contribution in [0.15, 0.2) is 71.7 Å². The van der Waals surface area contributed by atoms with E-state index in [4.69, 9.17) is 11.6 Å². The molecule has 3 aromatic rings. The molecule has 0 radical (unpaired) electrons. The van der Waals surface area contributed by atoms with Crippen LogP contribution < -0.4 is 21.5 Å². The summed E-state index contributed by atoms with van der Waals surface area (Å²) < 4.78 is 41.6. The topological polar surface area (TPSA) is 92.2 Å². The van der Waals surface area contributed by atoms with Crippen LogP contribution in [0.2, 0.25) is 5.02 Å². The summed E-state index contributed by atoms with van der Waals surface area (Å²) in [5.41, 5.74) is 0.272. The third-order valence-electron chi connectivity index (χ3n) is 6.22. The van der Waals surface area contributed by atoms with E-state index in [9.17, 15) is 27.6 Å². The molecule has 11 heteroatoms. The van der Waals surface area contributed by atoms with E-state index in [1.165, 1.54) is 29.0 Å². The van der Waals surface area contributed by atoms with Gasteiger partial charge in [-0.15, -0.1) is 0 Å². The minimum atomic E-state index is -2.58. The van der Waals surface area contributed by atoms with Crippen molar-refractivity contribution in [3.8, 4) is 5.69 Å². The van der Waals surface area contributed by atoms with Crippen molar-refractivity contribution < 1.29 is 22.8 Å². The van der Waals surface area contributed by atoms with Crippen LogP contribution >= 0.6 is 11.6 Å². The molecule has 37 heavy (non-hydrogen) atoms. The fourth-order valence-electron chi connectivity index (χ4n) is 4.43. The van der Waals surface area contributed by atoms with Gasteiger partial charge in [-0.3, -0.25) is 19.0 Å². The van der Waals surface area contributed by atoms with Gasteiger partial charge in [0.15, 0.2) is 0 Å². The summed E-state index contributed by atoms with van der Waals surface area (Å²) in [6, 6.07) is 14.3. The molecule has 2 amide bonds. The number of amides is 2. The number of halogens is 4. The Morgan fingerprint density at radius 3 is 2.27 bits per heavy atom. The van der Waals surface area contributed by atoms with Gasteiger partial charge < -0.3 is 16.0 Å². The summed E-state index contributed by atoms with van der Waals surface area (Å²) in [4.78, 5) is 38.2. The van der Waals surface area contributed by atoms with Crippen molar-refractivity contribution >= 4 is 34.8 Å². The van der Waals surface area contributed by atoms with Gasteiger partial charge in [-0.2, -0.15) is 0 Å². The number of carbonyl (C=O) groups is 2. The second-order valence-corrected chi connectivity index (χ2v) is 9.18. The quantitative estimate of drug-likeness (QED) is 0.399. The van der Waals surface area contributed by atoms with Crippen molar-refractivity contribution in [3.63, 3.8) is 0 Å². The average molecular weight is 533 g/mol. The maximum Gasteiger partial charge on any atom is 0.255 e. The monoisotopic (exact) mass is 532 g/mol. The second kappa shape index (κ2) is 11.6. The number of benzene rings is 2. The summed E-state index contributed by atoms with van der Waals surface area (Å²) in [5.74, 6) is -3.56. The lowest BCUT2D eigenvalue weighted by molar-refractivity contribution is -0.128. The molecule has 3 N–H and O–H groups in total. The first kappa shape index (κ1) is 26.4. The van der Waals surface area contributed by atoms with Crippen molar-refractivity contribution in [2.75, 3.05) is 17.2 Å². The zero-order chi connectivity index (χ0) is 26.5. The van der Waals surface area contributed by atoms with Crippen LogP contribution in [0.4, 0.5) is 24.5 Å². The van der Waals surface area contributed by atoms with E-state index in [0.717, 1.165) is 6.07 Å². The highest BCUT2D eigenvalue weighted by Gasteiger charge is 2.43. The zero-order valence-electron chi connectivity index (χ0n) is 19.5. The van der Waals surface area contributed by atoms with E-state index >= 15 is 0 Å². The number of nitrogens with one attached hydrogen (secondary N) is 3. The minimum absolute atomic E-state index is 0.121. The number of rotatable bonds is 8. The molecule has 7 nitrogen and oxygen atoms in total. The number of hydrogen-bond acceptors (Lipinski definition) is 4. The Hall–Kier alpha value is -3.63. The average Bonchev–Trinajstić information content (AvgIpc) is 3.30. The van der Waals surface area contributed by atoms with E-state index in [2.05, 4.69) is 16.0 Å². The highest BCUT2D eigenvalue weighted by atomic mass is 35.5. The molecule has 194 valence electrons. The molecule has 0 saturated heterocycles. The van der Waals surface area contributed by atoms with E-state index in [0.29, 0.717) is 10.7 Å². The molecule has 1 fully saturated rings. The number of aromatic nitrogens is 1. The van der Waals surface area contributed by atoms with Crippen molar-refractivity contribution in [1.82, 2.24) is 9.88 Å². The highest BCUT2D eigenvalue weighted by Crippen LogP contribution is 2.35. The van der Waals surface area contributed by atoms with Gasteiger partial charge in [0, 0.05) is 35.1 Å². The summed E-state index contributed by atoms with van der Waals surface area (Å²) in [7, 11) is 0. The third kappa shape index (κ3) is 6.58. The van der Waals surface area contributed by atoms with Gasteiger partial charge in [-0.1, -0.05) is 17.7 Å². The van der Waals surface area contributed by atoms with Crippen LogP contribution in [-0.2, 0) is 9.59 Å². The minimum Gasteiger partial charge on any atom is -0.326 e. The molecule has 1 unspecified atom stereocenters. The number of nitrogens with zero attached hydrogens (tertiary/aromatic N) is 1. The predicted molar refractivity (Wildman–Crippen MR) is 135 cm³/mol. The van der Waals surface area contributed by atoms with E-state index in [-0.39, 0.29) is 29.8 Å². The largest absolute Gasteiger partial charge is 0.326 e. The normalized spacial score (nSPS) is 19.1. The predicted octanol–water partition coefficient (Wildman–Crippen LogP) is 4.46. The lowest BCUT2D eigenvalue weighted by Crippen LogP contribution is -2.33. The maximum absolute atomic E-state index is 14.9. The fraction of sp³-hybridized carbons (Fsp3) is 0.269. The van der Waals surface area contributed by atoms with Crippen LogP contribution in [0.3, 0.4) is 0 Å². The summed E-state index contributed by atoms with van der Waals surface area (Å²) in [6.45, 7) is -0.570. The molecule has 1 saturated carbocycles. The molecule has 3 atom stereocenters. The molecular formula is C26H24ClF3N4O3. The Morgan fingerprint density at radius 2 is 1.65 bits per heavy atom. The van der Waals surface area contributed by atoms with Crippen molar-refractivity contribution in [3.05, 3.63) is 88.1 Å². The maximum atomic E-state index is 14.9. The number of carbonyl (C=O) groups excluding carboxylic acids is 2. The van der Waals surface area contributed by atoms with Gasteiger partial charge in [0.25, 0.3) is 12.0 Å². The molecule has 0 bridgehead atoms. The number of pyridine rings is 1. The van der Waals surface area contributed by atoms with Gasteiger partial charge in [-0.25, -0.2) is 13.2 Å². The standard InChI is InChI=1S/C26H24ClF3N4O3/c27-15-4-6-16(7-5-15)32-25(36)19-11-17(31-14-23(29)30)12-20(19)26(37)33-22-9-8-18(13-21(22)28)34-10-2-1-3-24(34)35/h1-10,13,17,19-20,23,31H,11-12,14H2,(H,32,36)(H,33,37)/t17?,19-,20-/m0/s1. The summed E-state index contributed by atoms with van der Waals surface area (Å²) >= 11 is 5.88. The first-order valence-electron chi connectivity index (χ1n) is 11.6. The van der Waals surface area contributed by atoms with Crippen molar-refractivity contribution in [2.24, 2.45) is 11.8 Å². The number of anilines is 2. The third-order valence-corrected chi connectivity index (χ3v) is 6.47. The lowest BCUT2D eigenvalue weighted by atomic mass is 9.94. The fourth-order valence-corrected chi connectivity index (χ4v) is 4.56. The van der Waals surface area contributed by atoms with Crippen LogP contribution in [0.5, 0.6) is 0 Å². The summed E-state index contributed by atoms with van der Waals surface area (Å²) in [5, 5.41) is 8.42. The second-order valence-electron chi connectivity index (χ2n) is 8.74. The van der Waals surface area contributed by atoms with Gasteiger partial charge in [0.1, 0.15) is 5.82 Å². The molecule has 1 aromatic heterocycles. The van der Waals surface area contributed by atoms with E-state index in [1.807, 2.05) is 0 Å². The number of alkyl halides is 2. The molecule has 4 rings (SSSR count). The molecule has 0 spiro atoms. The Balaban J connectivity index is 1.51. The molecule has 0 aliphatic heterocycles. The SMILES string of the molecule is O=C(Nc1ccc(Cl)cc1)[C@H]1CC(NCC(F)F)C[C@@H]1C(=O)Nc1ccc(-n2ccccc2=O)cc1F. The summed E-state index contributed by atoms with van der Waals surface area (Å²) in [6.07, 6.45) is -0.817. The highest BCUT2D eigenvalue weighted by molar-refractivity contribution is 6.30. The van der Waals surface area contributed by atoms with Crippen LogP contribution in [0, 0.1) is 17.7 Å². The van der Waals surface area contributed by atoms with E-state index < -0.39 is 48.5 Å². The van der Waals surface area contributed by atoms with Gasteiger partial charge in [0.05, 0.1) is 29.8 Å². The Kier molecular flexibility index (Phi) is 8.30. The number of hydrogen-bond donors (Lipinski definition) is 3. The van der Waals surface area contributed by atoms with Crippen LogP contribution in [0.25, 0.3) is 5.69 Å². The Bertz CT molecular complexity index is 1330. The van der Waals surface area contributed by atoms with Crippen LogP contribution in [0.1, 0.15) is 12.8 Å². The Morgan fingerprint density at radius 1 is 0.973 bits per heavy atom. The van der Waals surface area contributed by atoms with Crippen molar-refractivity contribution in [2.45, 2.75) is 25.3 Å². The Labute approximate surface area is 215 Å². The molecule has 1 aliphatic carbocycles. The van der Waals surface area contributed by atoms with Gasteiger partial charge in [-0.05, 0) is 55.3 Å². The first-order valence-corrected chi connectivity index (χ1v) is 12.0. The molecular weight excluding hydrogens is 509 g/mol. The molecule has 2 aromatic carbocycles. The molecule has 1 aliphatic rings. The van der Waals surface area contributed by atoms with E-state index in [1.54, 1.807) is 36.4 Å². The van der Waals surface area contributed by atoms with Gasteiger partial charge in [0.2, 0.25) is 11.8 Å².